The molecule has 2 aliphatic heterocycles. The van der Waals surface area contributed by atoms with Crippen LogP contribution in [-0.4, -0.2) is 72.1 Å². The van der Waals surface area contributed by atoms with E-state index in [-0.39, 0.29) is 36.3 Å². The van der Waals surface area contributed by atoms with Crippen LogP contribution < -0.4 is 10.1 Å². The minimum atomic E-state index is -0.527. The Balaban J connectivity index is 1.69. The molecular formula is C18H22ClN3O4S. The normalized spacial score (nSPS) is 22.0. The van der Waals surface area contributed by atoms with E-state index >= 15 is 0 Å². The molecule has 1 aromatic rings. The van der Waals surface area contributed by atoms with Crippen molar-refractivity contribution in [3.8, 4) is 5.75 Å². The van der Waals surface area contributed by atoms with Crippen LogP contribution in [-0.2, 0) is 4.79 Å². The lowest BCUT2D eigenvalue weighted by atomic mass is 9.97. The number of fused-ring (bicyclic) bond motifs is 1. The molecule has 0 bridgehead atoms. The van der Waals surface area contributed by atoms with Gasteiger partial charge in [0.2, 0.25) is 0 Å². The standard InChI is InChI=1S/C18H22ClN3O4S/c1-26-15-10-12(27-2)3-4-13(15)16(23)20-11-5-7-21-14(9-11)17(24)22(8-6-19)18(21)25/h3-4,10-11,14H,5-9H2,1-2H3,(H,20,23)/t11-,14-/m0/s1. The van der Waals surface area contributed by atoms with Crippen LogP contribution in [0.4, 0.5) is 4.79 Å². The molecule has 7 nitrogen and oxygen atoms in total. The van der Waals surface area contributed by atoms with Gasteiger partial charge in [0.05, 0.1) is 12.7 Å². The number of imide groups is 1. The predicted octanol–water partition coefficient (Wildman–Crippen LogP) is 2.18. The van der Waals surface area contributed by atoms with Gasteiger partial charge in [-0.25, -0.2) is 4.79 Å². The summed E-state index contributed by atoms with van der Waals surface area (Å²) in [6, 6.07) is 4.43. The van der Waals surface area contributed by atoms with Crippen LogP contribution >= 0.6 is 23.4 Å². The first-order valence-corrected chi connectivity index (χ1v) is 10.5. The molecule has 27 heavy (non-hydrogen) atoms. The number of carbonyl (C=O) groups excluding carboxylic acids is 3. The topological polar surface area (TPSA) is 79.0 Å². The van der Waals surface area contributed by atoms with Gasteiger partial charge >= 0.3 is 6.03 Å². The van der Waals surface area contributed by atoms with Crippen LogP contribution in [0.1, 0.15) is 23.2 Å². The molecule has 0 radical (unpaired) electrons. The van der Waals surface area contributed by atoms with Crippen LogP contribution in [0.25, 0.3) is 0 Å². The number of carbonyl (C=O) groups is 3. The highest BCUT2D eigenvalue weighted by Crippen LogP contribution is 2.28. The number of urea groups is 1. The first-order chi connectivity index (χ1) is 13.0. The maximum absolute atomic E-state index is 12.7. The van der Waals surface area contributed by atoms with E-state index < -0.39 is 6.04 Å². The largest absolute Gasteiger partial charge is 0.496 e. The Labute approximate surface area is 167 Å². The lowest BCUT2D eigenvalue weighted by molar-refractivity contribution is -0.128. The number of piperidine rings is 1. The number of amides is 4. The summed E-state index contributed by atoms with van der Waals surface area (Å²) < 4.78 is 5.34. The molecule has 2 fully saturated rings. The molecule has 0 spiro atoms. The fraction of sp³-hybridized carbons (Fsp3) is 0.500. The quantitative estimate of drug-likeness (QED) is 0.441. The van der Waals surface area contributed by atoms with Crippen molar-refractivity contribution in [2.24, 2.45) is 0 Å². The molecule has 146 valence electrons. The molecule has 2 saturated heterocycles. The van der Waals surface area contributed by atoms with Gasteiger partial charge in [-0.1, -0.05) is 0 Å². The number of nitrogens with zero attached hydrogens (tertiary/aromatic N) is 2. The van der Waals surface area contributed by atoms with Gasteiger partial charge in [-0.05, 0) is 37.3 Å². The minimum absolute atomic E-state index is 0.184. The highest BCUT2D eigenvalue weighted by Gasteiger charge is 2.47. The molecule has 0 unspecified atom stereocenters. The zero-order valence-corrected chi connectivity index (χ0v) is 16.8. The number of rotatable bonds is 6. The molecule has 0 saturated carbocycles. The molecule has 0 aromatic heterocycles. The number of halogens is 1. The maximum atomic E-state index is 12.7. The van der Waals surface area contributed by atoms with Gasteiger partial charge in [-0.2, -0.15) is 0 Å². The lowest BCUT2D eigenvalue weighted by Crippen LogP contribution is -2.49. The average Bonchev–Trinajstić information content (AvgIpc) is 2.92. The lowest BCUT2D eigenvalue weighted by Gasteiger charge is -2.32. The minimum Gasteiger partial charge on any atom is -0.496 e. The molecule has 2 heterocycles. The van der Waals surface area contributed by atoms with E-state index in [1.165, 1.54) is 12.0 Å². The Morgan fingerprint density at radius 3 is 2.85 bits per heavy atom. The third-order valence-corrected chi connectivity index (χ3v) is 5.82. The van der Waals surface area contributed by atoms with E-state index in [1.54, 1.807) is 22.7 Å². The summed E-state index contributed by atoms with van der Waals surface area (Å²) in [6.45, 7) is 0.643. The second kappa shape index (κ2) is 8.39. The van der Waals surface area contributed by atoms with Gasteiger partial charge in [0.25, 0.3) is 11.8 Å². The number of ether oxygens (including phenoxy) is 1. The van der Waals surface area contributed by atoms with Crippen molar-refractivity contribution in [1.29, 1.82) is 0 Å². The fourth-order valence-corrected chi connectivity index (χ4v) is 4.13. The van der Waals surface area contributed by atoms with Gasteiger partial charge < -0.3 is 15.0 Å². The Morgan fingerprint density at radius 2 is 2.19 bits per heavy atom. The molecule has 2 atom stereocenters. The van der Waals surface area contributed by atoms with Crippen molar-refractivity contribution in [3.63, 3.8) is 0 Å². The highest BCUT2D eigenvalue weighted by molar-refractivity contribution is 7.98. The molecule has 1 N–H and O–H groups in total. The third kappa shape index (κ3) is 3.87. The number of methoxy groups -OCH3 is 1. The molecule has 1 aromatic carbocycles. The summed E-state index contributed by atoms with van der Waals surface area (Å²) >= 11 is 7.26. The Bertz CT molecular complexity index is 760. The average molecular weight is 412 g/mol. The second-order valence-corrected chi connectivity index (χ2v) is 7.69. The number of benzene rings is 1. The van der Waals surface area contributed by atoms with E-state index in [9.17, 15) is 14.4 Å². The number of nitrogens with one attached hydrogen (secondary N) is 1. The van der Waals surface area contributed by atoms with Crippen molar-refractivity contribution in [2.45, 2.75) is 29.8 Å². The van der Waals surface area contributed by atoms with Gasteiger partial charge in [0.1, 0.15) is 11.8 Å². The molecule has 4 amide bonds. The highest BCUT2D eigenvalue weighted by atomic mass is 35.5. The maximum Gasteiger partial charge on any atom is 0.327 e. The zero-order valence-electron chi connectivity index (χ0n) is 15.2. The van der Waals surface area contributed by atoms with Gasteiger partial charge in [-0.3, -0.25) is 14.5 Å². The smallest absolute Gasteiger partial charge is 0.327 e. The first-order valence-electron chi connectivity index (χ1n) is 8.71. The van der Waals surface area contributed by atoms with Crippen molar-refractivity contribution in [2.75, 3.05) is 32.3 Å². The summed E-state index contributed by atoms with van der Waals surface area (Å²) in [6.07, 6.45) is 2.96. The number of hydrogen-bond acceptors (Lipinski definition) is 5. The SMILES string of the molecule is COc1cc(SC)ccc1C(=O)N[C@H]1CCN2C(=O)N(CCCl)C(=O)[C@@H]2C1. The van der Waals surface area contributed by atoms with Crippen molar-refractivity contribution in [1.82, 2.24) is 15.1 Å². The second-order valence-electron chi connectivity index (χ2n) is 6.43. The summed E-state index contributed by atoms with van der Waals surface area (Å²) in [5.74, 6) is 0.246. The van der Waals surface area contributed by atoms with Crippen molar-refractivity contribution >= 4 is 41.2 Å². The first kappa shape index (κ1) is 19.8. The van der Waals surface area contributed by atoms with E-state index in [1.807, 2.05) is 18.4 Å². The third-order valence-electron chi connectivity index (χ3n) is 4.93. The fourth-order valence-electron chi connectivity index (χ4n) is 3.53. The van der Waals surface area contributed by atoms with Crippen LogP contribution in [0, 0.1) is 0 Å². The van der Waals surface area contributed by atoms with E-state index in [0.717, 1.165) is 4.90 Å². The van der Waals surface area contributed by atoms with Crippen molar-refractivity contribution < 1.29 is 19.1 Å². The predicted molar refractivity (Wildman–Crippen MR) is 104 cm³/mol. The molecule has 0 aliphatic carbocycles. The monoisotopic (exact) mass is 411 g/mol. The molecule has 2 aliphatic rings. The number of thioether (sulfide) groups is 1. The van der Waals surface area contributed by atoms with Crippen LogP contribution in [0.3, 0.4) is 0 Å². The van der Waals surface area contributed by atoms with Crippen molar-refractivity contribution in [3.05, 3.63) is 23.8 Å². The zero-order chi connectivity index (χ0) is 19.6. The van der Waals surface area contributed by atoms with Crippen LogP contribution in [0.2, 0.25) is 0 Å². The summed E-state index contributed by atoms with van der Waals surface area (Å²) in [5.41, 5.74) is 0.454. The Hall–Kier alpha value is -1.93. The number of alkyl halides is 1. The molecule has 3 rings (SSSR count). The number of hydrogen-bond donors (Lipinski definition) is 1. The molecular weight excluding hydrogens is 390 g/mol. The van der Waals surface area contributed by atoms with Crippen LogP contribution in [0.15, 0.2) is 23.1 Å². The Kier molecular flexibility index (Phi) is 6.16. The van der Waals surface area contributed by atoms with E-state index in [4.69, 9.17) is 16.3 Å². The summed E-state index contributed by atoms with van der Waals surface area (Å²) in [5, 5.41) is 2.98. The van der Waals surface area contributed by atoms with Crippen LogP contribution in [0.5, 0.6) is 5.75 Å². The van der Waals surface area contributed by atoms with E-state index in [0.29, 0.717) is 30.7 Å². The van der Waals surface area contributed by atoms with Gasteiger partial charge in [0, 0.05) is 29.9 Å². The van der Waals surface area contributed by atoms with Gasteiger partial charge in [-0.15, -0.1) is 23.4 Å². The van der Waals surface area contributed by atoms with E-state index in [2.05, 4.69) is 5.32 Å². The summed E-state index contributed by atoms with van der Waals surface area (Å²) in [4.78, 5) is 41.3. The summed E-state index contributed by atoms with van der Waals surface area (Å²) in [7, 11) is 1.53. The Morgan fingerprint density at radius 1 is 1.41 bits per heavy atom. The van der Waals surface area contributed by atoms with Gasteiger partial charge in [0.15, 0.2) is 0 Å². The molecule has 9 heteroatoms.